The Labute approximate surface area is 186 Å². The highest BCUT2D eigenvalue weighted by atomic mass is 32.2. The van der Waals surface area contributed by atoms with Gasteiger partial charge in [0.2, 0.25) is 5.91 Å². The maximum Gasteiger partial charge on any atom is 0.257 e. The molecule has 6 nitrogen and oxygen atoms in total. The normalized spacial score (nSPS) is 15.5. The molecule has 1 aliphatic carbocycles. The number of hydrogen-bond donors (Lipinski definition) is 2. The van der Waals surface area contributed by atoms with Gasteiger partial charge >= 0.3 is 0 Å². The number of amides is 2. The van der Waals surface area contributed by atoms with Crippen LogP contribution in [-0.4, -0.2) is 31.5 Å². The van der Waals surface area contributed by atoms with Gasteiger partial charge < -0.3 is 10.6 Å². The minimum atomic E-state index is -3.50. The van der Waals surface area contributed by atoms with Crippen LogP contribution in [0.1, 0.15) is 49.9 Å². The third-order valence-corrected chi connectivity index (χ3v) is 7.86. The molecule has 0 aliphatic heterocycles. The van der Waals surface area contributed by atoms with Gasteiger partial charge in [0.05, 0.1) is 10.1 Å². The number of anilines is 1. The molecule has 1 atom stereocenters. The average molecular weight is 465 g/mol. The number of carbonyl (C=O) groups is 2. The van der Waals surface area contributed by atoms with E-state index in [9.17, 15) is 26.8 Å². The molecular weight excluding hydrogens is 438 g/mol. The third kappa shape index (κ3) is 5.15. The van der Waals surface area contributed by atoms with E-state index >= 15 is 0 Å². The molecule has 1 unspecified atom stereocenters. The van der Waals surface area contributed by atoms with Gasteiger partial charge in [-0.15, -0.1) is 0 Å². The second-order valence-corrected chi connectivity index (χ2v) is 10.5. The molecule has 2 N–H and O–H groups in total. The van der Waals surface area contributed by atoms with Gasteiger partial charge in [-0.3, -0.25) is 9.59 Å². The van der Waals surface area contributed by atoms with Gasteiger partial charge in [-0.25, -0.2) is 17.2 Å². The van der Waals surface area contributed by atoms with E-state index in [2.05, 4.69) is 10.6 Å². The lowest BCUT2D eigenvalue weighted by Gasteiger charge is -2.22. The molecule has 9 heteroatoms. The van der Waals surface area contributed by atoms with Crippen LogP contribution in [0.25, 0.3) is 0 Å². The number of carbonyl (C=O) groups excluding carboxylic acids is 2. The number of nitrogens with one attached hydrogen (secondary N) is 2. The molecular formula is C23H26F2N2O4S. The topological polar surface area (TPSA) is 92.3 Å². The Morgan fingerprint density at radius 1 is 1.00 bits per heavy atom. The first-order valence-corrected chi connectivity index (χ1v) is 12.1. The van der Waals surface area contributed by atoms with Crippen molar-refractivity contribution in [2.45, 2.75) is 55.7 Å². The van der Waals surface area contributed by atoms with Gasteiger partial charge in [-0.05, 0) is 49.1 Å². The molecule has 0 bridgehead atoms. The van der Waals surface area contributed by atoms with E-state index in [1.807, 2.05) is 0 Å². The van der Waals surface area contributed by atoms with Crippen LogP contribution in [0.3, 0.4) is 0 Å². The van der Waals surface area contributed by atoms with E-state index < -0.39 is 56.1 Å². The van der Waals surface area contributed by atoms with Crippen molar-refractivity contribution in [2.24, 2.45) is 5.92 Å². The first-order chi connectivity index (χ1) is 15.1. The fourth-order valence-corrected chi connectivity index (χ4v) is 5.72. The monoisotopic (exact) mass is 464 g/mol. The van der Waals surface area contributed by atoms with Gasteiger partial charge in [-0.2, -0.15) is 0 Å². The van der Waals surface area contributed by atoms with Gasteiger partial charge in [0.25, 0.3) is 5.91 Å². The molecule has 3 rings (SSSR count). The number of sulfone groups is 1. The Morgan fingerprint density at radius 3 is 2.19 bits per heavy atom. The summed E-state index contributed by atoms with van der Waals surface area (Å²) in [6.45, 7) is 3.34. The first kappa shape index (κ1) is 23.8. The van der Waals surface area contributed by atoms with Crippen LogP contribution in [0, 0.1) is 17.6 Å². The van der Waals surface area contributed by atoms with Crippen molar-refractivity contribution in [3.63, 3.8) is 0 Å². The van der Waals surface area contributed by atoms with E-state index in [-0.39, 0.29) is 10.6 Å². The summed E-state index contributed by atoms with van der Waals surface area (Å²) in [4.78, 5) is 25.4. The van der Waals surface area contributed by atoms with Gasteiger partial charge in [-0.1, -0.05) is 38.8 Å². The second-order valence-electron chi connectivity index (χ2n) is 8.26. The van der Waals surface area contributed by atoms with E-state index in [4.69, 9.17) is 0 Å². The first-order valence-electron chi connectivity index (χ1n) is 10.5. The zero-order valence-corrected chi connectivity index (χ0v) is 18.7. The predicted molar refractivity (Wildman–Crippen MR) is 117 cm³/mol. The third-order valence-electron chi connectivity index (χ3n) is 5.60. The largest absolute Gasteiger partial charge is 0.340 e. The molecule has 0 aromatic heterocycles. The van der Waals surface area contributed by atoms with E-state index in [0.29, 0.717) is 12.8 Å². The van der Waals surface area contributed by atoms with Crippen molar-refractivity contribution in [3.8, 4) is 0 Å². The highest BCUT2D eigenvalue weighted by molar-refractivity contribution is 7.92. The molecule has 0 spiro atoms. The zero-order chi connectivity index (χ0) is 23.5. The summed E-state index contributed by atoms with van der Waals surface area (Å²) in [7, 11) is -3.50. The molecule has 172 valence electrons. The standard InChI is InChI=1S/C23H26F2N2O4S/c1-14(2)21(27-22(28)20-18(24)11-6-12-19(20)25)23(29)26-15-7-5-10-17(13-15)32(30,31)16-8-3-4-9-16/h5-7,10-14,16,21H,3-4,8-9H2,1-2H3,(H,26,29)(H,27,28). The van der Waals surface area contributed by atoms with Crippen molar-refractivity contribution in [3.05, 3.63) is 59.7 Å². The highest BCUT2D eigenvalue weighted by Gasteiger charge is 2.31. The molecule has 1 aliphatic rings. The highest BCUT2D eigenvalue weighted by Crippen LogP contribution is 2.30. The maximum atomic E-state index is 13.9. The summed E-state index contributed by atoms with van der Waals surface area (Å²) >= 11 is 0. The summed E-state index contributed by atoms with van der Waals surface area (Å²) < 4.78 is 53.5. The Kier molecular flexibility index (Phi) is 7.28. The van der Waals surface area contributed by atoms with E-state index in [1.165, 1.54) is 18.2 Å². The lowest BCUT2D eigenvalue weighted by Crippen LogP contribution is -2.47. The van der Waals surface area contributed by atoms with E-state index in [0.717, 1.165) is 31.0 Å². The van der Waals surface area contributed by atoms with Crippen molar-refractivity contribution in [1.29, 1.82) is 0 Å². The Balaban J connectivity index is 1.77. The fraction of sp³-hybridized carbons (Fsp3) is 0.391. The predicted octanol–water partition coefficient (Wildman–Crippen LogP) is 4.07. The number of hydrogen-bond acceptors (Lipinski definition) is 4. The van der Waals surface area contributed by atoms with Crippen molar-refractivity contribution in [2.75, 3.05) is 5.32 Å². The van der Waals surface area contributed by atoms with Crippen LogP contribution in [0.4, 0.5) is 14.5 Å². The van der Waals surface area contributed by atoms with Crippen molar-refractivity contribution >= 4 is 27.3 Å². The van der Waals surface area contributed by atoms with Crippen LogP contribution in [0.2, 0.25) is 0 Å². The molecule has 2 aromatic rings. The van der Waals surface area contributed by atoms with Gasteiger partial charge in [0.15, 0.2) is 9.84 Å². The molecule has 1 fully saturated rings. The van der Waals surface area contributed by atoms with E-state index in [1.54, 1.807) is 19.9 Å². The second kappa shape index (κ2) is 9.77. The van der Waals surface area contributed by atoms with Gasteiger partial charge in [0.1, 0.15) is 23.2 Å². The number of benzene rings is 2. The minimum Gasteiger partial charge on any atom is -0.340 e. The van der Waals surface area contributed by atoms with Crippen LogP contribution in [0.15, 0.2) is 47.4 Å². The summed E-state index contributed by atoms with van der Waals surface area (Å²) in [5.41, 5.74) is -0.512. The summed E-state index contributed by atoms with van der Waals surface area (Å²) in [5, 5.41) is 4.56. The van der Waals surface area contributed by atoms with Crippen LogP contribution in [-0.2, 0) is 14.6 Å². The molecule has 0 heterocycles. The van der Waals surface area contributed by atoms with Crippen molar-refractivity contribution < 1.29 is 26.8 Å². The lowest BCUT2D eigenvalue weighted by atomic mass is 10.0. The van der Waals surface area contributed by atoms with Gasteiger partial charge in [0, 0.05) is 5.69 Å². The summed E-state index contributed by atoms with van der Waals surface area (Å²) in [6.07, 6.45) is 2.98. The molecule has 0 saturated heterocycles. The fourth-order valence-electron chi connectivity index (χ4n) is 3.83. The maximum absolute atomic E-state index is 13.9. The smallest absolute Gasteiger partial charge is 0.257 e. The van der Waals surface area contributed by atoms with Crippen LogP contribution < -0.4 is 10.6 Å². The zero-order valence-electron chi connectivity index (χ0n) is 17.9. The molecule has 0 radical (unpaired) electrons. The summed E-state index contributed by atoms with van der Waals surface area (Å²) in [6, 6.07) is 7.92. The Morgan fingerprint density at radius 2 is 1.59 bits per heavy atom. The number of halogens is 2. The lowest BCUT2D eigenvalue weighted by molar-refractivity contribution is -0.118. The SMILES string of the molecule is CC(C)C(NC(=O)c1c(F)cccc1F)C(=O)Nc1cccc(S(=O)(=O)C2CCCC2)c1. The summed E-state index contributed by atoms with van der Waals surface area (Å²) in [5.74, 6) is -4.14. The Hall–Kier alpha value is -2.81. The van der Waals surface area contributed by atoms with Crippen molar-refractivity contribution in [1.82, 2.24) is 5.32 Å². The Bertz CT molecular complexity index is 1090. The van der Waals surface area contributed by atoms with Crippen LogP contribution in [0.5, 0.6) is 0 Å². The minimum absolute atomic E-state index is 0.126. The molecule has 2 aromatic carbocycles. The number of rotatable bonds is 7. The van der Waals surface area contributed by atoms with Crippen LogP contribution >= 0.6 is 0 Å². The average Bonchev–Trinajstić information content (AvgIpc) is 3.27. The molecule has 32 heavy (non-hydrogen) atoms. The molecule has 1 saturated carbocycles. The molecule has 2 amide bonds. The quantitative estimate of drug-likeness (QED) is 0.646.